The standard InChI is InChI=1S/C21H22N4O8/c1-11(2)19-20(26)23-15(21(27)32-3)8-12-4-6-13(7-5-12)33-18-9-14(22-19)16(24(28)29)10-17(18)25(30)31/h4-7,9-11,15,19,22H,8H2,1-3H3,(H,23,26)/t15-,19-/m0/s1. The minimum Gasteiger partial charge on any atom is -0.467 e. The Morgan fingerprint density at radius 3 is 2.27 bits per heavy atom. The molecule has 174 valence electrons. The van der Waals surface area contributed by atoms with Gasteiger partial charge in [0.1, 0.15) is 23.5 Å². The maximum atomic E-state index is 13.1. The van der Waals surface area contributed by atoms with Crippen molar-refractivity contribution in [1.82, 2.24) is 5.32 Å². The highest BCUT2D eigenvalue weighted by Crippen LogP contribution is 2.40. The fraction of sp³-hybridized carbons (Fsp3) is 0.333. The SMILES string of the molecule is COC(=O)[C@@H]1Cc2ccc(cc2)Oc2cc(c([N+](=O)[O-])cc2[N+](=O)[O-])N[C@@H](C(C)C)C(=O)N1. The molecule has 2 atom stereocenters. The van der Waals surface area contributed by atoms with E-state index in [-0.39, 0.29) is 29.5 Å². The van der Waals surface area contributed by atoms with Crippen LogP contribution in [-0.4, -0.2) is 40.9 Å². The summed E-state index contributed by atoms with van der Waals surface area (Å²) in [5.74, 6) is -1.59. The normalized spacial score (nSPS) is 17.9. The lowest BCUT2D eigenvalue weighted by Crippen LogP contribution is -2.50. The molecule has 0 saturated carbocycles. The quantitative estimate of drug-likeness (QED) is 0.398. The number of rotatable bonds is 4. The van der Waals surface area contributed by atoms with Gasteiger partial charge in [-0.25, -0.2) is 4.79 Å². The van der Waals surface area contributed by atoms with Crippen LogP contribution in [0.2, 0.25) is 0 Å². The molecule has 0 spiro atoms. The van der Waals surface area contributed by atoms with Gasteiger partial charge < -0.3 is 20.1 Å². The number of anilines is 1. The molecule has 2 aliphatic rings. The van der Waals surface area contributed by atoms with Gasteiger partial charge in [-0.15, -0.1) is 0 Å². The summed E-state index contributed by atoms with van der Waals surface area (Å²) in [5.41, 5.74) is -0.653. The number of nitro groups is 2. The van der Waals surface area contributed by atoms with Gasteiger partial charge in [0.25, 0.3) is 5.69 Å². The van der Waals surface area contributed by atoms with Crippen LogP contribution in [0.25, 0.3) is 0 Å². The van der Waals surface area contributed by atoms with Crippen LogP contribution in [0.5, 0.6) is 11.5 Å². The number of hydrogen-bond donors (Lipinski definition) is 2. The first-order valence-corrected chi connectivity index (χ1v) is 9.99. The van der Waals surface area contributed by atoms with Crippen molar-refractivity contribution >= 4 is 28.9 Å². The first-order chi connectivity index (χ1) is 15.6. The molecule has 12 nitrogen and oxygen atoms in total. The molecule has 12 heteroatoms. The van der Waals surface area contributed by atoms with Gasteiger partial charge in [-0.3, -0.25) is 25.0 Å². The summed E-state index contributed by atoms with van der Waals surface area (Å²) in [5, 5.41) is 28.6. The Hall–Kier alpha value is -4.22. The molecule has 0 saturated heterocycles. The number of hydrogen-bond acceptors (Lipinski definition) is 9. The summed E-state index contributed by atoms with van der Waals surface area (Å²) < 4.78 is 10.5. The third kappa shape index (κ3) is 5.17. The van der Waals surface area contributed by atoms with Crippen LogP contribution >= 0.6 is 0 Å². The maximum absolute atomic E-state index is 13.1. The number of carbonyl (C=O) groups excluding carboxylic acids is 2. The molecule has 2 heterocycles. The number of nitrogens with one attached hydrogen (secondary N) is 2. The molecule has 0 radical (unpaired) electrons. The lowest BCUT2D eigenvalue weighted by molar-refractivity contribution is -0.394. The third-order valence-corrected chi connectivity index (χ3v) is 5.12. The second-order valence-corrected chi connectivity index (χ2v) is 7.75. The summed E-state index contributed by atoms with van der Waals surface area (Å²) in [4.78, 5) is 47.0. The van der Waals surface area contributed by atoms with Gasteiger partial charge in [0, 0.05) is 12.5 Å². The number of ether oxygens (including phenoxy) is 2. The molecule has 4 bridgehead atoms. The fourth-order valence-corrected chi connectivity index (χ4v) is 3.40. The molecule has 4 rings (SSSR count). The average Bonchev–Trinajstić information content (AvgIpc) is 2.76. The summed E-state index contributed by atoms with van der Waals surface area (Å²) in [7, 11) is 1.21. The average molecular weight is 458 g/mol. The topological polar surface area (TPSA) is 163 Å². The van der Waals surface area contributed by atoms with E-state index in [4.69, 9.17) is 9.47 Å². The second-order valence-electron chi connectivity index (χ2n) is 7.75. The van der Waals surface area contributed by atoms with E-state index < -0.39 is 45.2 Å². The Morgan fingerprint density at radius 1 is 1.09 bits per heavy atom. The number of fused-ring (bicyclic) bond motifs is 7. The van der Waals surface area contributed by atoms with E-state index in [0.717, 1.165) is 12.1 Å². The minimum absolute atomic E-state index is 0.120. The zero-order valence-corrected chi connectivity index (χ0v) is 18.1. The van der Waals surface area contributed by atoms with Gasteiger partial charge in [0.05, 0.1) is 23.0 Å². The van der Waals surface area contributed by atoms with E-state index in [1.807, 2.05) is 0 Å². The van der Waals surface area contributed by atoms with Crippen molar-refractivity contribution in [1.29, 1.82) is 0 Å². The summed E-state index contributed by atoms with van der Waals surface area (Å²) in [6.07, 6.45) is 0.120. The highest BCUT2D eigenvalue weighted by atomic mass is 16.6. The molecule has 1 amide bonds. The molecule has 2 aromatic carbocycles. The third-order valence-electron chi connectivity index (χ3n) is 5.12. The van der Waals surface area contributed by atoms with Gasteiger partial charge in [0.15, 0.2) is 0 Å². The number of benzene rings is 2. The van der Waals surface area contributed by atoms with Crippen LogP contribution in [0.15, 0.2) is 36.4 Å². The van der Waals surface area contributed by atoms with Crippen molar-refractivity contribution in [2.45, 2.75) is 32.4 Å². The van der Waals surface area contributed by atoms with Crippen LogP contribution < -0.4 is 15.4 Å². The molecule has 33 heavy (non-hydrogen) atoms. The van der Waals surface area contributed by atoms with Gasteiger partial charge >= 0.3 is 11.7 Å². The van der Waals surface area contributed by atoms with Crippen molar-refractivity contribution in [3.05, 3.63) is 62.2 Å². The Kier molecular flexibility index (Phi) is 6.75. The Morgan fingerprint density at radius 2 is 1.73 bits per heavy atom. The number of nitrogens with zero attached hydrogens (tertiary/aromatic N) is 2. The predicted molar refractivity (Wildman–Crippen MR) is 116 cm³/mol. The molecule has 2 aliphatic heterocycles. The number of nitro benzene ring substituents is 2. The monoisotopic (exact) mass is 458 g/mol. The van der Waals surface area contributed by atoms with Gasteiger partial charge in [-0.05, 0) is 23.6 Å². The lowest BCUT2D eigenvalue weighted by atomic mass is 10.0. The van der Waals surface area contributed by atoms with E-state index >= 15 is 0 Å². The van der Waals surface area contributed by atoms with Crippen molar-refractivity contribution in [2.75, 3.05) is 12.4 Å². The molecule has 0 aliphatic carbocycles. The van der Waals surface area contributed by atoms with Crippen LogP contribution in [0.1, 0.15) is 19.4 Å². The minimum atomic E-state index is -1.01. The van der Waals surface area contributed by atoms with E-state index in [1.165, 1.54) is 19.2 Å². The van der Waals surface area contributed by atoms with E-state index in [1.54, 1.807) is 26.0 Å². The Bertz CT molecular complexity index is 1100. The first-order valence-electron chi connectivity index (χ1n) is 9.99. The van der Waals surface area contributed by atoms with Gasteiger partial charge in [-0.1, -0.05) is 26.0 Å². The number of esters is 1. The van der Waals surface area contributed by atoms with Gasteiger partial charge in [-0.2, -0.15) is 0 Å². The van der Waals surface area contributed by atoms with Crippen molar-refractivity contribution in [2.24, 2.45) is 5.92 Å². The van der Waals surface area contributed by atoms with E-state index in [9.17, 15) is 29.8 Å². The molecule has 0 unspecified atom stereocenters. The van der Waals surface area contributed by atoms with Crippen molar-refractivity contribution < 1.29 is 28.9 Å². The molecule has 0 aromatic heterocycles. The van der Waals surface area contributed by atoms with Crippen molar-refractivity contribution in [3.63, 3.8) is 0 Å². The predicted octanol–water partition coefficient (Wildman–Crippen LogP) is 2.95. The highest BCUT2D eigenvalue weighted by Gasteiger charge is 2.32. The zero-order chi connectivity index (χ0) is 24.3. The molecule has 2 N–H and O–H groups in total. The Labute approximate surface area is 188 Å². The smallest absolute Gasteiger partial charge is 0.328 e. The molecule has 0 fully saturated rings. The van der Waals surface area contributed by atoms with Crippen LogP contribution in [-0.2, 0) is 20.7 Å². The van der Waals surface area contributed by atoms with E-state index in [2.05, 4.69) is 10.6 Å². The van der Waals surface area contributed by atoms with Crippen LogP contribution in [0.4, 0.5) is 17.1 Å². The van der Waals surface area contributed by atoms with Crippen LogP contribution in [0, 0.1) is 26.1 Å². The largest absolute Gasteiger partial charge is 0.467 e. The molecule has 2 aromatic rings. The lowest BCUT2D eigenvalue weighted by Gasteiger charge is -2.26. The highest BCUT2D eigenvalue weighted by molar-refractivity contribution is 5.90. The number of methoxy groups -OCH3 is 1. The number of carbonyl (C=O) groups is 2. The first kappa shape index (κ1) is 23.4. The van der Waals surface area contributed by atoms with E-state index in [0.29, 0.717) is 5.56 Å². The summed E-state index contributed by atoms with van der Waals surface area (Å²) >= 11 is 0. The number of amides is 1. The van der Waals surface area contributed by atoms with Crippen molar-refractivity contribution in [3.8, 4) is 11.5 Å². The zero-order valence-electron chi connectivity index (χ0n) is 18.1. The molecular formula is C21H22N4O8. The van der Waals surface area contributed by atoms with Crippen LogP contribution in [0.3, 0.4) is 0 Å². The molecular weight excluding hydrogens is 436 g/mol. The fourth-order valence-electron chi connectivity index (χ4n) is 3.40. The maximum Gasteiger partial charge on any atom is 0.328 e. The summed E-state index contributed by atoms with van der Waals surface area (Å²) in [6, 6.07) is 6.25. The summed E-state index contributed by atoms with van der Waals surface area (Å²) in [6.45, 7) is 3.42. The van der Waals surface area contributed by atoms with Gasteiger partial charge in [0.2, 0.25) is 11.7 Å². The Balaban J connectivity index is 2.19. The second kappa shape index (κ2) is 9.51.